The minimum atomic E-state index is -1.03. The lowest BCUT2D eigenvalue weighted by atomic mass is 9.93. The second-order valence-corrected chi connectivity index (χ2v) is 5.77. The van der Waals surface area contributed by atoms with Gasteiger partial charge in [0.05, 0.1) is 12.5 Å². The lowest BCUT2D eigenvalue weighted by Crippen LogP contribution is -2.33. The molecule has 2 aromatic rings. The third-order valence-corrected chi connectivity index (χ3v) is 4.05. The lowest BCUT2D eigenvalue weighted by molar-refractivity contribution is -0.129. The van der Waals surface area contributed by atoms with Gasteiger partial charge in [0.15, 0.2) is 11.6 Å². The van der Waals surface area contributed by atoms with Crippen LogP contribution < -0.4 is 5.32 Å². The molecule has 1 N–H and O–H groups in total. The summed E-state index contributed by atoms with van der Waals surface area (Å²) in [5.74, 6) is -2.59. The van der Waals surface area contributed by atoms with E-state index in [4.69, 9.17) is 0 Å². The average Bonchev–Trinajstić information content (AvgIpc) is 2.58. The summed E-state index contributed by atoms with van der Waals surface area (Å²) in [4.78, 5) is 25.8. The van der Waals surface area contributed by atoms with Crippen LogP contribution >= 0.6 is 0 Å². The van der Waals surface area contributed by atoms with Crippen molar-refractivity contribution in [1.82, 2.24) is 4.90 Å². The molecule has 0 radical (unpaired) electrons. The fourth-order valence-corrected chi connectivity index (χ4v) is 2.87. The van der Waals surface area contributed by atoms with E-state index in [0.29, 0.717) is 0 Å². The quantitative estimate of drug-likeness (QED) is 0.921. The fraction of sp³-hybridized carbons (Fsp3) is 0.158. The van der Waals surface area contributed by atoms with E-state index in [1.54, 1.807) is 6.20 Å². The van der Waals surface area contributed by atoms with E-state index in [9.17, 15) is 18.4 Å². The van der Waals surface area contributed by atoms with Crippen molar-refractivity contribution >= 4 is 23.6 Å². The number of benzene rings is 2. The standard InChI is InChI=1S/C19H16F2N2O2/c1-12(24)23-9-8-13-4-2-3-5-15(13)18(23)11-19(25)22-14-6-7-16(20)17(21)10-14/h2-10,18H,11H2,1H3,(H,22,25)/t18-/m1/s1. The van der Waals surface area contributed by atoms with Crippen LogP contribution in [-0.2, 0) is 9.59 Å². The van der Waals surface area contributed by atoms with E-state index in [1.165, 1.54) is 17.9 Å². The molecule has 0 aromatic heterocycles. The molecule has 1 aliphatic rings. The molecule has 0 aliphatic carbocycles. The molecule has 0 saturated heterocycles. The Bertz CT molecular complexity index is 864. The SMILES string of the molecule is CC(=O)N1C=Cc2ccccc2[C@H]1CC(=O)Nc1ccc(F)c(F)c1. The molecule has 3 rings (SSSR count). The van der Waals surface area contributed by atoms with Crippen LogP contribution in [0.3, 0.4) is 0 Å². The van der Waals surface area contributed by atoms with Crippen molar-refractivity contribution in [2.75, 3.05) is 5.32 Å². The number of anilines is 1. The first-order chi connectivity index (χ1) is 12.0. The smallest absolute Gasteiger partial charge is 0.226 e. The minimum absolute atomic E-state index is 0.0000706. The maximum atomic E-state index is 13.3. The lowest BCUT2D eigenvalue weighted by Gasteiger charge is -2.32. The topological polar surface area (TPSA) is 49.4 Å². The molecule has 1 atom stereocenters. The van der Waals surface area contributed by atoms with Crippen LogP contribution in [-0.4, -0.2) is 16.7 Å². The number of amides is 2. The molecule has 0 unspecified atom stereocenters. The van der Waals surface area contributed by atoms with Gasteiger partial charge in [-0.25, -0.2) is 8.78 Å². The molecule has 25 heavy (non-hydrogen) atoms. The second-order valence-electron chi connectivity index (χ2n) is 5.77. The van der Waals surface area contributed by atoms with Gasteiger partial charge < -0.3 is 10.2 Å². The summed E-state index contributed by atoms with van der Waals surface area (Å²) in [5.41, 5.74) is 1.96. The Kier molecular flexibility index (Phi) is 4.61. The first-order valence-corrected chi connectivity index (χ1v) is 7.76. The largest absolute Gasteiger partial charge is 0.326 e. The van der Waals surface area contributed by atoms with Gasteiger partial charge in [-0.1, -0.05) is 24.3 Å². The van der Waals surface area contributed by atoms with Gasteiger partial charge in [0.25, 0.3) is 0 Å². The van der Waals surface area contributed by atoms with Gasteiger partial charge in [0, 0.05) is 24.9 Å². The first kappa shape index (κ1) is 16.8. The maximum Gasteiger partial charge on any atom is 0.226 e. The summed E-state index contributed by atoms with van der Waals surface area (Å²) in [6.45, 7) is 1.43. The van der Waals surface area contributed by atoms with Crippen molar-refractivity contribution in [2.24, 2.45) is 0 Å². The highest BCUT2D eigenvalue weighted by Gasteiger charge is 2.28. The molecule has 2 aromatic carbocycles. The highest BCUT2D eigenvalue weighted by Crippen LogP contribution is 2.33. The summed E-state index contributed by atoms with van der Waals surface area (Å²) in [7, 11) is 0. The van der Waals surface area contributed by atoms with Gasteiger partial charge in [-0.2, -0.15) is 0 Å². The maximum absolute atomic E-state index is 13.3. The summed E-state index contributed by atoms with van der Waals surface area (Å²) < 4.78 is 26.2. The molecular weight excluding hydrogens is 326 g/mol. The van der Waals surface area contributed by atoms with Gasteiger partial charge in [-0.3, -0.25) is 9.59 Å². The first-order valence-electron chi connectivity index (χ1n) is 7.76. The summed E-state index contributed by atoms with van der Waals surface area (Å²) in [6, 6.07) is 10.2. The highest BCUT2D eigenvalue weighted by atomic mass is 19.2. The Balaban J connectivity index is 1.81. The average molecular weight is 342 g/mol. The predicted octanol–water partition coefficient (Wildman–Crippen LogP) is 3.87. The number of carbonyl (C=O) groups excluding carboxylic acids is 2. The predicted molar refractivity (Wildman–Crippen MR) is 90.3 cm³/mol. The minimum Gasteiger partial charge on any atom is -0.326 e. The molecule has 4 nitrogen and oxygen atoms in total. The highest BCUT2D eigenvalue weighted by molar-refractivity contribution is 5.92. The second kappa shape index (κ2) is 6.84. The van der Waals surface area contributed by atoms with Crippen LogP contribution in [0.4, 0.5) is 14.5 Å². The van der Waals surface area contributed by atoms with Gasteiger partial charge in [0.2, 0.25) is 11.8 Å². The summed E-state index contributed by atoms with van der Waals surface area (Å²) >= 11 is 0. The number of hydrogen-bond acceptors (Lipinski definition) is 2. The molecule has 128 valence electrons. The van der Waals surface area contributed by atoms with Crippen LogP contribution in [0.15, 0.2) is 48.7 Å². The van der Waals surface area contributed by atoms with Crippen LogP contribution in [0.25, 0.3) is 6.08 Å². The Labute approximate surface area is 143 Å². The molecule has 2 amide bonds. The number of rotatable bonds is 3. The number of halogens is 2. The summed E-state index contributed by atoms with van der Waals surface area (Å²) in [5, 5.41) is 2.54. The molecular formula is C19H16F2N2O2. The van der Waals surface area contributed by atoms with Crippen molar-refractivity contribution in [3.63, 3.8) is 0 Å². The number of nitrogens with zero attached hydrogens (tertiary/aromatic N) is 1. The Morgan fingerprint density at radius 2 is 1.88 bits per heavy atom. The van der Waals surface area contributed by atoms with Crippen molar-refractivity contribution < 1.29 is 18.4 Å². The van der Waals surface area contributed by atoms with E-state index in [-0.39, 0.29) is 18.0 Å². The zero-order chi connectivity index (χ0) is 18.0. The van der Waals surface area contributed by atoms with Crippen molar-refractivity contribution in [1.29, 1.82) is 0 Å². The number of fused-ring (bicyclic) bond motifs is 1. The van der Waals surface area contributed by atoms with E-state index < -0.39 is 23.6 Å². The number of hydrogen-bond donors (Lipinski definition) is 1. The van der Waals surface area contributed by atoms with Gasteiger partial charge in [-0.05, 0) is 29.3 Å². The molecule has 0 fully saturated rings. The van der Waals surface area contributed by atoms with Crippen molar-refractivity contribution in [3.8, 4) is 0 Å². The third kappa shape index (κ3) is 3.57. The van der Waals surface area contributed by atoms with E-state index in [0.717, 1.165) is 23.3 Å². The van der Waals surface area contributed by atoms with Gasteiger partial charge >= 0.3 is 0 Å². The molecule has 0 saturated carbocycles. The zero-order valence-corrected chi connectivity index (χ0v) is 13.5. The molecule has 6 heteroatoms. The third-order valence-electron chi connectivity index (χ3n) is 4.05. The van der Waals surface area contributed by atoms with Crippen LogP contribution in [0, 0.1) is 11.6 Å². The van der Waals surface area contributed by atoms with E-state index in [1.807, 2.05) is 30.3 Å². The van der Waals surface area contributed by atoms with Gasteiger partial charge in [-0.15, -0.1) is 0 Å². The molecule has 1 heterocycles. The van der Waals surface area contributed by atoms with Crippen LogP contribution in [0.2, 0.25) is 0 Å². The number of nitrogens with one attached hydrogen (secondary N) is 1. The van der Waals surface area contributed by atoms with Crippen LogP contribution in [0.1, 0.15) is 30.5 Å². The zero-order valence-electron chi connectivity index (χ0n) is 13.5. The normalized spacial score (nSPS) is 15.6. The summed E-state index contributed by atoms with van der Waals surface area (Å²) in [6.07, 6.45) is 3.47. The monoisotopic (exact) mass is 342 g/mol. The van der Waals surface area contributed by atoms with Crippen LogP contribution in [0.5, 0.6) is 0 Å². The van der Waals surface area contributed by atoms with Crippen molar-refractivity contribution in [3.05, 3.63) is 71.4 Å². The Morgan fingerprint density at radius 3 is 2.60 bits per heavy atom. The van der Waals surface area contributed by atoms with E-state index >= 15 is 0 Å². The fourth-order valence-electron chi connectivity index (χ4n) is 2.87. The van der Waals surface area contributed by atoms with Gasteiger partial charge in [0.1, 0.15) is 0 Å². The Hall–Kier alpha value is -3.02. The Morgan fingerprint density at radius 1 is 1.12 bits per heavy atom. The van der Waals surface area contributed by atoms with E-state index in [2.05, 4.69) is 5.32 Å². The molecule has 1 aliphatic heterocycles. The molecule has 0 spiro atoms. The van der Waals surface area contributed by atoms with Crippen molar-refractivity contribution in [2.45, 2.75) is 19.4 Å². The number of carbonyl (C=O) groups is 2. The molecule has 0 bridgehead atoms.